The highest BCUT2D eigenvalue weighted by molar-refractivity contribution is 7.15. The molecule has 0 aliphatic heterocycles. The van der Waals surface area contributed by atoms with Crippen molar-refractivity contribution < 1.29 is 4.79 Å². The lowest BCUT2D eigenvalue weighted by Gasteiger charge is -2.36. The number of nitrogens with two attached hydrogens (primary N) is 1. The Kier molecular flexibility index (Phi) is 9.04. The van der Waals surface area contributed by atoms with Crippen LogP contribution in [0.3, 0.4) is 0 Å². The van der Waals surface area contributed by atoms with E-state index >= 15 is 0 Å². The second kappa shape index (κ2) is 12.2. The maximum atomic E-state index is 12.4. The van der Waals surface area contributed by atoms with Crippen molar-refractivity contribution in [3.8, 4) is 0 Å². The quantitative estimate of drug-likeness (QED) is 0.431. The summed E-state index contributed by atoms with van der Waals surface area (Å²) in [6.07, 6.45) is 13.7. The van der Waals surface area contributed by atoms with Crippen LogP contribution in [-0.2, 0) is 17.6 Å². The van der Waals surface area contributed by atoms with Gasteiger partial charge in [0, 0.05) is 28.1 Å². The van der Waals surface area contributed by atoms with Crippen LogP contribution < -0.4 is 11.1 Å². The molecule has 2 aromatic rings. The molecule has 1 heterocycles. The van der Waals surface area contributed by atoms with Crippen LogP contribution in [-0.4, -0.2) is 41.0 Å². The first-order valence-electron chi connectivity index (χ1n) is 12.7. The zero-order valence-electron chi connectivity index (χ0n) is 20.1. The highest BCUT2D eigenvalue weighted by Crippen LogP contribution is 2.32. The van der Waals surface area contributed by atoms with Crippen LogP contribution in [0.2, 0.25) is 5.02 Å². The van der Waals surface area contributed by atoms with E-state index in [9.17, 15) is 4.79 Å². The van der Waals surface area contributed by atoms with Gasteiger partial charge in [-0.05, 0) is 94.5 Å². The second-order valence-corrected chi connectivity index (χ2v) is 11.2. The Bertz CT molecular complexity index is 983. The third-order valence-corrected chi connectivity index (χ3v) is 8.59. The molecule has 2 aliphatic rings. The fraction of sp³-hybridized carbons (Fsp3) is 0.556. The van der Waals surface area contributed by atoms with Crippen LogP contribution in [0.15, 0.2) is 30.3 Å². The number of nitrogens with zero attached hydrogens (tertiary/aromatic N) is 2. The van der Waals surface area contributed by atoms with Gasteiger partial charge in [-0.3, -0.25) is 4.79 Å². The Morgan fingerprint density at radius 1 is 1.24 bits per heavy atom. The molecule has 34 heavy (non-hydrogen) atoms. The van der Waals surface area contributed by atoms with E-state index in [1.54, 1.807) is 23.5 Å². The summed E-state index contributed by atoms with van der Waals surface area (Å²) in [5, 5.41) is 4.56. The Morgan fingerprint density at radius 3 is 2.79 bits per heavy atom. The van der Waals surface area contributed by atoms with Crippen LogP contribution in [0.25, 0.3) is 6.08 Å². The largest absolute Gasteiger partial charge is 0.375 e. The molecule has 1 saturated carbocycles. The molecule has 1 fully saturated rings. The molecular formula is C27H37ClN4OS. The summed E-state index contributed by atoms with van der Waals surface area (Å²) >= 11 is 7.84. The summed E-state index contributed by atoms with van der Waals surface area (Å²) < 4.78 is 0. The molecule has 4 rings (SSSR count). The molecule has 7 heteroatoms. The Labute approximate surface area is 212 Å². The van der Waals surface area contributed by atoms with Crippen molar-refractivity contribution in [2.45, 2.75) is 76.8 Å². The van der Waals surface area contributed by atoms with Crippen molar-refractivity contribution in [1.29, 1.82) is 0 Å². The summed E-state index contributed by atoms with van der Waals surface area (Å²) in [6.45, 7) is 4.61. The molecule has 184 valence electrons. The number of halogens is 1. The van der Waals surface area contributed by atoms with E-state index in [4.69, 9.17) is 17.3 Å². The number of rotatable bonds is 9. The van der Waals surface area contributed by atoms with Crippen LogP contribution in [0.4, 0.5) is 5.13 Å². The van der Waals surface area contributed by atoms with Gasteiger partial charge in [-0.15, -0.1) is 11.3 Å². The van der Waals surface area contributed by atoms with Gasteiger partial charge in [0.05, 0.1) is 5.69 Å². The molecule has 1 atom stereocenters. The highest BCUT2D eigenvalue weighted by atomic mass is 35.5. The minimum Gasteiger partial charge on any atom is -0.375 e. The van der Waals surface area contributed by atoms with E-state index in [0.29, 0.717) is 11.1 Å². The third-order valence-electron chi connectivity index (χ3n) is 7.29. The van der Waals surface area contributed by atoms with E-state index in [2.05, 4.69) is 22.1 Å². The number of aromatic nitrogens is 1. The monoisotopic (exact) mass is 500 g/mol. The average molecular weight is 501 g/mol. The van der Waals surface area contributed by atoms with Gasteiger partial charge in [0.25, 0.3) is 0 Å². The number of nitrogens with one attached hydrogen (secondary N) is 1. The minimum atomic E-state index is -0.0298. The summed E-state index contributed by atoms with van der Waals surface area (Å²) in [6, 6.07) is 8.46. The summed E-state index contributed by atoms with van der Waals surface area (Å²) in [5.74, 6) is 0.724. The SMILES string of the molecule is CCCN(CCC1CCC(NC(=O)/C=C/c2ccccc2Cl)CC1)[C@H]1CCc2nc(N)sc2C1. The van der Waals surface area contributed by atoms with Crippen molar-refractivity contribution in [1.82, 2.24) is 15.2 Å². The number of carbonyl (C=O) groups is 1. The zero-order chi connectivity index (χ0) is 23.9. The zero-order valence-corrected chi connectivity index (χ0v) is 21.7. The molecule has 0 spiro atoms. The molecular weight excluding hydrogens is 464 g/mol. The van der Waals surface area contributed by atoms with Crippen LogP contribution in [0, 0.1) is 5.92 Å². The number of hydrogen-bond acceptors (Lipinski definition) is 5. The number of aryl methyl sites for hydroxylation is 1. The van der Waals surface area contributed by atoms with Crippen LogP contribution in [0.1, 0.15) is 68.0 Å². The van der Waals surface area contributed by atoms with E-state index < -0.39 is 0 Å². The van der Waals surface area contributed by atoms with Crippen molar-refractivity contribution in [3.63, 3.8) is 0 Å². The number of amides is 1. The van der Waals surface area contributed by atoms with Gasteiger partial charge in [0.2, 0.25) is 5.91 Å². The lowest BCUT2D eigenvalue weighted by molar-refractivity contribution is -0.117. The maximum Gasteiger partial charge on any atom is 0.244 e. The van der Waals surface area contributed by atoms with Crippen molar-refractivity contribution in [2.24, 2.45) is 5.92 Å². The van der Waals surface area contributed by atoms with Gasteiger partial charge in [-0.1, -0.05) is 36.7 Å². The molecule has 1 amide bonds. The van der Waals surface area contributed by atoms with Crippen molar-refractivity contribution in [2.75, 3.05) is 18.8 Å². The van der Waals surface area contributed by atoms with Crippen molar-refractivity contribution >= 4 is 40.1 Å². The van der Waals surface area contributed by atoms with Gasteiger partial charge in [-0.25, -0.2) is 4.98 Å². The minimum absolute atomic E-state index is 0.0298. The molecule has 2 aliphatic carbocycles. The predicted molar refractivity (Wildman–Crippen MR) is 143 cm³/mol. The first-order chi connectivity index (χ1) is 16.5. The van der Waals surface area contributed by atoms with Crippen molar-refractivity contribution in [3.05, 3.63) is 51.5 Å². The summed E-state index contributed by atoms with van der Waals surface area (Å²) in [7, 11) is 0. The molecule has 3 N–H and O–H groups in total. The Balaban J connectivity index is 1.20. The van der Waals surface area contributed by atoms with Crippen LogP contribution >= 0.6 is 22.9 Å². The number of carbonyl (C=O) groups excluding carboxylic acids is 1. The van der Waals surface area contributed by atoms with E-state index in [0.717, 1.165) is 48.8 Å². The molecule has 5 nitrogen and oxygen atoms in total. The first kappa shape index (κ1) is 25.2. The van der Waals surface area contributed by atoms with Gasteiger partial charge >= 0.3 is 0 Å². The number of anilines is 1. The van der Waals surface area contributed by atoms with E-state index in [1.165, 1.54) is 49.2 Å². The molecule has 1 aromatic heterocycles. The number of fused-ring (bicyclic) bond motifs is 1. The normalized spacial score (nSPS) is 22.7. The third kappa shape index (κ3) is 6.83. The average Bonchev–Trinajstić information content (AvgIpc) is 3.21. The molecule has 0 saturated heterocycles. The Morgan fingerprint density at radius 2 is 2.03 bits per heavy atom. The molecule has 0 unspecified atom stereocenters. The van der Waals surface area contributed by atoms with Gasteiger partial charge in [0.15, 0.2) is 5.13 Å². The van der Waals surface area contributed by atoms with E-state index in [-0.39, 0.29) is 11.9 Å². The van der Waals surface area contributed by atoms with Gasteiger partial charge < -0.3 is 16.0 Å². The fourth-order valence-electron chi connectivity index (χ4n) is 5.42. The van der Waals surface area contributed by atoms with Gasteiger partial charge in [0.1, 0.15) is 0 Å². The van der Waals surface area contributed by atoms with Gasteiger partial charge in [-0.2, -0.15) is 0 Å². The van der Waals surface area contributed by atoms with E-state index in [1.807, 2.05) is 24.3 Å². The van der Waals surface area contributed by atoms with Crippen LogP contribution in [0.5, 0.6) is 0 Å². The molecule has 1 aromatic carbocycles. The highest BCUT2D eigenvalue weighted by Gasteiger charge is 2.28. The lowest BCUT2D eigenvalue weighted by atomic mass is 9.83. The molecule has 0 bridgehead atoms. The number of nitrogen functional groups attached to an aromatic ring is 1. The maximum absolute atomic E-state index is 12.4. The number of thiazole rings is 1. The topological polar surface area (TPSA) is 71.2 Å². The standard InChI is InChI=1S/C27H37ClN4OS/c1-2-16-32(22-12-13-24-25(18-22)34-27(29)31-24)17-15-19-7-10-21(11-8-19)30-26(33)14-9-20-5-3-4-6-23(20)28/h3-6,9,14,19,21-22H,2,7-8,10-13,15-18H2,1H3,(H2,29,31)(H,30,33)/b14-9+/t19?,21?,22-/m0/s1. The Hall–Kier alpha value is -1.89. The lowest BCUT2D eigenvalue weighted by Crippen LogP contribution is -2.41. The fourth-order valence-corrected chi connectivity index (χ4v) is 6.57. The summed E-state index contributed by atoms with van der Waals surface area (Å²) in [4.78, 5) is 21.0. The molecule has 0 radical (unpaired) electrons. The number of benzene rings is 1. The summed E-state index contributed by atoms with van der Waals surface area (Å²) in [5.41, 5.74) is 8.05. The predicted octanol–water partition coefficient (Wildman–Crippen LogP) is 5.73. The number of hydrogen-bond donors (Lipinski definition) is 2. The smallest absolute Gasteiger partial charge is 0.244 e. The second-order valence-electron chi connectivity index (χ2n) is 9.72. The first-order valence-corrected chi connectivity index (χ1v) is 13.9.